The van der Waals surface area contributed by atoms with Gasteiger partial charge in [-0.3, -0.25) is 4.79 Å². The van der Waals surface area contributed by atoms with E-state index in [1.807, 2.05) is 0 Å². The van der Waals surface area contributed by atoms with Crippen LogP contribution in [0.5, 0.6) is 0 Å². The summed E-state index contributed by atoms with van der Waals surface area (Å²) in [4.78, 5) is 16.8. The molecule has 156 valence electrons. The number of nitrogens with zero attached hydrogens (tertiary/aromatic N) is 2. The van der Waals surface area contributed by atoms with Gasteiger partial charge in [-0.25, -0.2) is 13.1 Å². The number of sulfonamides is 1. The fourth-order valence-corrected chi connectivity index (χ4v) is 5.22. The molecule has 0 unspecified atom stereocenters. The number of nitrogens with one attached hydrogen (secondary N) is 1. The van der Waals surface area contributed by atoms with E-state index in [4.69, 9.17) is 16.3 Å². The second-order valence-corrected chi connectivity index (χ2v) is 9.57. The number of halogens is 1. The molecule has 1 aromatic rings. The Balaban J connectivity index is 1.45. The molecule has 1 N–H and O–H groups in total. The molecule has 2 saturated heterocycles. The molecular formula is C19H28ClN3O4S. The Hall–Kier alpha value is -1.19. The Morgan fingerprint density at radius 3 is 2.46 bits per heavy atom. The summed E-state index contributed by atoms with van der Waals surface area (Å²) in [5.41, 5.74) is 0. The van der Waals surface area contributed by atoms with Crippen LogP contribution < -0.4 is 4.72 Å². The number of methoxy groups -OCH3 is 1. The van der Waals surface area contributed by atoms with Crippen molar-refractivity contribution in [1.82, 2.24) is 14.5 Å². The van der Waals surface area contributed by atoms with E-state index in [0.29, 0.717) is 30.3 Å². The second-order valence-electron chi connectivity index (χ2n) is 7.36. The van der Waals surface area contributed by atoms with E-state index < -0.39 is 10.0 Å². The molecule has 1 aromatic carbocycles. The molecule has 0 atom stereocenters. The first-order valence-electron chi connectivity index (χ1n) is 9.69. The number of amides is 1. The van der Waals surface area contributed by atoms with Crippen LogP contribution in [0.15, 0.2) is 29.2 Å². The van der Waals surface area contributed by atoms with E-state index >= 15 is 0 Å². The number of carbonyl (C=O) groups is 1. The highest BCUT2D eigenvalue weighted by molar-refractivity contribution is 7.89. The molecule has 0 saturated carbocycles. The third-order valence-electron chi connectivity index (χ3n) is 5.66. The predicted molar refractivity (Wildman–Crippen MR) is 108 cm³/mol. The van der Waals surface area contributed by atoms with Crippen molar-refractivity contribution in [2.75, 3.05) is 39.8 Å². The summed E-state index contributed by atoms with van der Waals surface area (Å²) < 4.78 is 32.5. The molecule has 2 fully saturated rings. The molecule has 2 heterocycles. The van der Waals surface area contributed by atoms with Gasteiger partial charge < -0.3 is 14.5 Å². The van der Waals surface area contributed by atoms with Gasteiger partial charge in [-0.2, -0.15) is 0 Å². The SMILES string of the molecule is COC1CCN(C2CCN(C(=O)CNS(=O)(=O)c3cccc(Cl)c3)CC2)CC1. The molecule has 2 aliphatic rings. The topological polar surface area (TPSA) is 79.0 Å². The van der Waals surface area contributed by atoms with Crippen molar-refractivity contribution in [3.8, 4) is 0 Å². The minimum atomic E-state index is -3.75. The zero-order valence-corrected chi connectivity index (χ0v) is 17.7. The van der Waals surface area contributed by atoms with E-state index in [2.05, 4.69) is 9.62 Å². The first-order chi connectivity index (χ1) is 13.4. The van der Waals surface area contributed by atoms with Gasteiger partial charge in [0.25, 0.3) is 0 Å². The van der Waals surface area contributed by atoms with Gasteiger partial charge in [0.05, 0.1) is 17.5 Å². The smallest absolute Gasteiger partial charge is 0.241 e. The molecule has 2 aliphatic heterocycles. The average molecular weight is 430 g/mol. The van der Waals surface area contributed by atoms with Crippen molar-refractivity contribution in [3.63, 3.8) is 0 Å². The van der Waals surface area contributed by atoms with Gasteiger partial charge in [0.15, 0.2) is 0 Å². The van der Waals surface area contributed by atoms with Crippen LogP contribution in [0, 0.1) is 0 Å². The average Bonchev–Trinajstić information content (AvgIpc) is 2.72. The number of hydrogen-bond acceptors (Lipinski definition) is 5. The Kier molecular flexibility index (Phi) is 7.33. The molecule has 0 radical (unpaired) electrons. The lowest BCUT2D eigenvalue weighted by Crippen LogP contribution is -2.51. The summed E-state index contributed by atoms with van der Waals surface area (Å²) in [6.07, 6.45) is 4.32. The molecule has 7 nitrogen and oxygen atoms in total. The van der Waals surface area contributed by atoms with Gasteiger partial charge in [-0.05, 0) is 43.9 Å². The molecule has 0 aromatic heterocycles. The quantitative estimate of drug-likeness (QED) is 0.744. The lowest BCUT2D eigenvalue weighted by atomic mass is 9.99. The number of rotatable bonds is 6. The molecule has 28 heavy (non-hydrogen) atoms. The fraction of sp³-hybridized carbons (Fsp3) is 0.632. The van der Waals surface area contributed by atoms with Crippen molar-refractivity contribution < 1.29 is 17.9 Å². The van der Waals surface area contributed by atoms with Crippen LogP contribution in [0.25, 0.3) is 0 Å². The van der Waals surface area contributed by atoms with Gasteiger partial charge >= 0.3 is 0 Å². The highest BCUT2D eigenvalue weighted by atomic mass is 35.5. The number of carbonyl (C=O) groups excluding carboxylic acids is 1. The Morgan fingerprint density at radius 2 is 1.86 bits per heavy atom. The molecule has 9 heteroatoms. The van der Waals surface area contributed by atoms with Crippen LogP contribution in [-0.4, -0.2) is 76.1 Å². The van der Waals surface area contributed by atoms with Crippen LogP contribution in [0.2, 0.25) is 5.02 Å². The Morgan fingerprint density at radius 1 is 1.18 bits per heavy atom. The van der Waals surface area contributed by atoms with Crippen molar-refractivity contribution in [2.24, 2.45) is 0 Å². The highest BCUT2D eigenvalue weighted by Gasteiger charge is 2.30. The maximum Gasteiger partial charge on any atom is 0.241 e. The zero-order chi connectivity index (χ0) is 20.1. The van der Waals surface area contributed by atoms with E-state index in [9.17, 15) is 13.2 Å². The summed E-state index contributed by atoms with van der Waals surface area (Å²) >= 11 is 5.85. The summed E-state index contributed by atoms with van der Waals surface area (Å²) in [6, 6.07) is 6.49. The number of likely N-dealkylation sites (tertiary alicyclic amines) is 2. The van der Waals surface area contributed by atoms with E-state index in [1.54, 1.807) is 24.1 Å². The van der Waals surface area contributed by atoms with Crippen molar-refractivity contribution in [2.45, 2.75) is 42.7 Å². The lowest BCUT2D eigenvalue weighted by molar-refractivity contribution is -0.131. The Bertz CT molecular complexity index is 773. The molecule has 0 bridgehead atoms. The maximum atomic E-state index is 12.5. The monoisotopic (exact) mass is 429 g/mol. The van der Waals surface area contributed by atoms with Crippen molar-refractivity contribution >= 4 is 27.5 Å². The first kappa shape index (κ1) is 21.5. The summed E-state index contributed by atoms with van der Waals surface area (Å²) in [7, 11) is -1.99. The summed E-state index contributed by atoms with van der Waals surface area (Å²) in [5, 5.41) is 0.339. The second kappa shape index (κ2) is 9.54. The normalized spacial score (nSPS) is 20.4. The van der Waals surface area contributed by atoms with E-state index in [1.165, 1.54) is 12.1 Å². The summed E-state index contributed by atoms with van der Waals surface area (Å²) in [6.45, 7) is 3.16. The van der Waals surface area contributed by atoms with Gasteiger partial charge in [0, 0.05) is 44.4 Å². The third kappa shape index (κ3) is 5.45. The molecular weight excluding hydrogens is 402 g/mol. The van der Waals surface area contributed by atoms with Crippen LogP contribution in [-0.2, 0) is 19.6 Å². The standard InChI is InChI=1S/C19H28ClN3O4S/c1-27-17-7-11-22(12-8-17)16-5-9-23(10-6-16)19(24)14-21-28(25,26)18-4-2-3-15(20)13-18/h2-4,13,16-17,21H,5-12,14H2,1H3. The molecule has 1 amide bonds. The highest BCUT2D eigenvalue weighted by Crippen LogP contribution is 2.22. The maximum absolute atomic E-state index is 12.5. The van der Waals surface area contributed by atoms with Crippen molar-refractivity contribution in [1.29, 1.82) is 0 Å². The lowest BCUT2D eigenvalue weighted by Gasteiger charge is -2.41. The van der Waals surface area contributed by atoms with E-state index in [-0.39, 0.29) is 17.3 Å². The Labute approximate surface area is 172 Å². The van der Waals surface area contributed by atoms with Gasteiger partial charge in [0.1, 0.15) is 0 Å². The number of benzene rings is 1. The van der Waals surface area contributed by atoms with Crippen LogP contribution in [0.3, 0.4) is 0 Å². The first-order valence-corrected chi connectivity index (χ1v) is 11.5. The zero-order valence-electron chi connectivity index (χ0n) is 16.1. The van der Waals surface area contributed by atoms with Gasteiger partial charge in [-0.15, -0.1) is 0 Å². The third-order valence-corrected chi connectivity index (χ3v) is 7.30. The van der Waals surface area contributed by atoms with Crippen LogP contribution >= 0.6 is 11.6 Å². The van der Waals surface area contributed by atoms with Gasteiger partial charge in [-0.1, -0.05) is 17.7 Å². The molecule has 3 rings (SSSR count). The largest absolute Gasteiger partial charge is 0.381 e. The predicted octanol–water partition coefficient (Wildman–Crippen LogP) is 1.72. The molecule has 0 aliphatic carbocycles. The summed E-state index contributed by atoms with van der Waals surface area (Å²) in [5.74, 6) is -0.192. The molecule has 0 spiro atoms. The number of piperidine rings is 2. The van der Waals surface area contributed by atoms with Gasteiger partial charge in [0.2, 0.25) is 15.9 Å². The minimum absolute atomic E-state index is 0.0611. The van der Waals surface area contributed by atoms with Crippen LogP contribution in [0.1, 0.15) is 25.7 Å². The number of ether oxygens (including phenoxy) is 1. The van der Waals surface area contributed by atoms with E-state index in [0.717, 1.165) is 38.8 Å². The van der Waals surface area contributed by atoms with Crippen LogP contribution in [0.4, 0.5) is 0 Å². The number of hydrogen-bond donors (Lipinski definition) is 1. The fourth-order valence-electron chi connectivity index (χ4n) is 3.94. The minimum Gasteiger partial charge on any atom is -0.381 e. The van der Waals surface area contributed by atoms with Crippen molar-refractivity contribution in [3.05, 3.63) is 29.3 Å².